The Kier molecular flexibility index (Phi) is 21.4. The van der Waals surface area contributed by atoms with Crippen molar-refractivity contribution in [3.8, 4) is 45.1 Å². The molecule has 2 fully saturated rings. The highest BCUT2D eigenvalue weighted by molar-refractivity contribution is 7.48. The predicted molar refractivity (Wildman–Crippen MR) is 331 cm³/mol. The van der Waals surface area contributed by atoms with Gasteiger partial charge in [0.2, 0.25) is 5.89 Å². The summed E-state index contributed by atoms with van der Waals surface area (Å²) in [6.45, 7) is 21.1. The summed E-state index contributed by atoms with van der Waals surface area (Å²) < 4.78 is 70.6. The van der Waals surface area contributed by atoms with Crippen LogP contribution in [0.5, 0.6) is 0 Å². The second kappa shape index (κ2) is 28.6. The van der Waals surface area contributed by atoms with E-state index in [1.54, 1.807) is 117 Å². The molecule has 8 aromatic rings. The third kappa shape index (κ3) is 18.3. The summed E-state index contributed by atoms with van der Waals surface area (Å²) in [5.41, 5.74) is 0.929. The number of nitrogens with one attached hydrogen (secondary N) is 2. The number of carbonyl (C=O) groups is 2. The summed E-state index contributed by atoms with van der Waals surface area (Å²) in [7, 11) is -8.72. The van der Waals surface area contributed by atoms with Crippen LogP contribution >= 0.6 is 27.0 Å². The molecule has 0 bridgehead atoms. The van der Waals surface area contributed by atoms with Gasteiger partial charge < -0.3 is 34.3 Å². The maximum absolute atomic E-state index is 13.4. The second-order valence-electron chi connectivity index (χ2n) is 24.5. The van der Waals surface area contributed by atoms with Crippen LogP contribution in [0.25, 0.3) is 45.1 Å². The largest absolute Gasteiger partial charge is 0.477 e. The minimum absolute atomic E-state index is 0.0514. The van der Waals surface area contributed by atoms with Crippen LogP contribution in [0.4, 0.5) is 11.4 Å². The minimum atomic E-state index is -4.78. The van der Waals surface area contributed by atoms with E-state index in [-0.39, 0.29) is 48.3 Å². The molecule has 32 heteroatoms. The lowest BCUT2D eigenvalue weighted by Crippen LogP contribution is -2.26. The minimum Gasteiger partial charge on any atom is -0.444 e. The maximum atomic E-state index is 13.4. The highest BCUT2D eigenvalue weighted by atomic mass is 32.1. The smallest absolute Gasteiger partial charge is 0.444 e. The number of hydrogen-bond acceptors (Lipinski definition) is 22. The molecule has 484 valence electrons. The molecule has 4 N–H and O–H groups in total. The number of nitrogens with zero attached hydrogens (tertiary/aromatic N) is 14. The van der Waals surface area contributed by atoms with E-state index in [0.29, 0.717) is 63.8 Å². The Bertz CT molecular complexity index is 3730. The lowest BCUT2D eigenvalue weighted by atomic mass is 9.93. The van der Waals surface area contributed by atoms with Gasteiger partial charge in [0.1, 0.15) is 17.0 Å². The van der Waals surface area contributed by atoms with Crippen LogP contribution in [0, 0.1) is 5.41 Å². The molecule has 10 rings (SSSR count). The Morgan fingerprint density at radius 2 is 1.18 bits per heavy atom. The monoisotopic (exact) mass is 1300 g/mol. The standard InChI is InChI=1S/C31H43N8O7P.C27H35N8O6PS/c1-8-42-23-12-10-22(11-13-23)39-18-24(26(37-39)27-32-14-9-15-33-27)35-28(40)25-19-43-29(36-25)21-16-34-38(17-21)20-44-47(41,45-30(2,3)4)46-31(5,6)7;1-5-40-19-9-7-18(8-10-19)34-15-20(22(33-34)23-28-11-6-12-29-23)31-24(36)21-16-43-25(32-21)17-13-30-35(14-17)26(27(2,3)4)41-42(37,38)39/h9,14-19,22-23H,8,10-13,20H2,1-7H3,(H,35,40);6,11-16,18-19,26H,5,7-10H2,1-4H3,(H,31,36)(H2,37,38,39)/t22-,23-;18-,19-,26?. The summed E-state index contributed by atoms with van der Waals surface area (Å²) in [6, 6.07) is 3.76. The maximum Gasteiger partial charge on any atom is 0.477 e. The fourth-order valence-corrected chi connectivity index (χ4v) is 13.3. The number of thiazole rings is 1. The van der Waals surface area contributed by atoms with Crippen LogP contribution in [0.1, 0.15) is 167 Å². The Morgan fingerprint density at radius 1 is 0.678 bits per heavy atom. The lowest BCUT2D eigenvalue weighted by Gasteiger charge is -2.30. The van der Waals surface area contributed by atoms with Crippen LogP contribution in [0.3, 0.4) is 0 Å². The number of carbonyl (C=O) groups excluding carboxylic acids is 2. The van der Waals surface area contributed by atoms with Gasteiger partial charge in [-0.05, 0) is 119 Å². The number of anilines is 2. The van der Waals surface area contributed by atoms with Crippen LogP contribution in [-0.4, -0.2) is 127 Å². The Hall–Kier alpha value is -7.08. The van der Waals surface area contributed by atoms with Crippen molar-refractivity contribution >= 4 is 50.2 Å². The molecule has 0 radical (unpaired) electrons. The fraction of sp³-hybridized carbons (Fsp3) is 0.517. The van der Waals surface area contributed by atoms with Crippen LogP contribution < -0.4 is 10.6 Å². The summed E-state index contributed by atoms with van der Waals surface area (Å²) >= 11 is 1.24. The first-order chi connectivity index (χ1) is 42.6. The number of phosphoric acid groups is 2. The molecule has 2 saturated carbocycles. The number of phosphoric ester groups is 2. The van der Waals surface area contributed by atoms with E-state index in [9.17, 15) is 28.5 Å². The number of ether oxygens (including phenoxy) is 2. The van der Waals surface area contributed by atoms with Crippen LogP contribution in [0.2, 0.25) is 0 Å². The van der Waals surface area contributed by atoms with Crippen molar-refractivity contribution in [2.45, 2.75) is 176 Å². The van der Waals surface area contributed by atoms with Crippen LogP contribution in [-0.2, 0) is 43.4 Å². The Labute approximate surface area is 524 Å². The highest BCUT2D eigenvalue weighted by Gasteiger charge is 2.38. The van der Waals surface area contributed by atoms with E-state index in [1.807, 2.05) is 35.6 Å². The molecule has 0 spiro atoms. The number of amides is 2. The van der Waals surface area contributed by atoms with Crippen molar-refractivity contribution in [3.63, 3.8) is 0 Å². The van der Waals surface area contributed by atoms with Crippen LogP contribution in [0.15, 0.2) is 90.2 Å². The van der Waals surface area contributed by atoms with Gasteiger partial charge in [-0.1, -0.05) is 20.8 Å². The zero-order chi connectivity index (χ0) is 64.6. The van der Waals surface area contributed by atoms with E-state index < -0.39 is 50.3 Å². The fourth-order valence-electron chi connectivity index (χ4n) is 10.1. The summed E-state index contributed by atoms with van der Waals surface area (Å²) in [5.74, 6) is 0.0354. The normalized spacial score (nSPS) is 18.0. The first-order valence-corrected chi connectivity index (χ1v) is 33.5. The van der Waals surface area contributed by atoms with Crippen molar-refractivity contribution < 1.29 is 60.5 Å². The second-order valence-corrected chi connectivity index (χ2v) is 28.1. The van der Waals surface area contributed by atoms with Crippen molar-refractivity contribution in [1.82, 2.24) is 69.0 Å². The summed E-state index contributed by atoms with van der Waals surface area (Å²) in [5, 5.41) is 26.0. The Balaban J connectivity index is 0.000000214. The first-order valence-electron chi connectivity index (χ1n) is 29.6. The molecule has 2 amide bonds. The summed E-state index contributed by atoms with van der Waals surface area (Å²) in [6.07, 6.45) is 24.5. The van der Waals surface area contributed by atoms with Gasteiger partial charge in [0.05, 0.1) is 64.8 Å². The lowest BCUT2D eigenvalue weighted by molar-refractivity contribution is -0.0101. The zero-order valence-corrected chi connectivity index (χ0v) is 54.8. The number of rotatable bonds is 22. The third-order valence-electron chi connectivity index (χ3n) is 13.9. The van der Waals surface area contributed by atoms with Crippen molar-refractivity contribution in [2.75, 3.05) is 23.8 Å². The number of oxazole rings is 1. The van der Waals surface area contributed by atoms with E-state index in [0.717, 1.165) is 51.4 Å². The SMILES string of the molecule is CCO[C@H]1CC[C@H](n2cc(NC(=O)c3coc(-c4cnn(COP(=O)(OC(C)(C)C)OC(C)(C)C)c4)n3)c(-c3ncccn3)n2)CC1.CCO[C@H]1CC[C@H](n2cc(NC(=O)c3csc(-c4cnn(C(OP(=O)(O)O)C(C)(C)C)c4)n3)c(-c3ncccn3)n2)CC1. The van der Waals surface area contributed by atoms with E-state index in [4.69, 9.17) is 42.2 Å². The topological polar surface area (TPSA) is 350 Å². The van der Waals surface area contributed by atoms with Gasteiger partial charge in [-0.25, -0.2) is 48.4 Å². The number of hydrogen-bond donors (Lipinski definition) is 4. The molecule has 8 aromatic heterocycles. The average molecular weight is 1300 g/mol. The molecule has 2 aliphatic carbocycles. The molecule has 8 heterocycles. The zero-order valence-electron chi connectivity index (χ0n) is 52.2. The predicted octanol–water partition coefficient (Wildman–Crippen LogP) is 11.8. The average Bonchev–Trinajstić information content (AvgIpc) is 1.72. The molecule has 0 saturated heterocycles. The number of aromatic nitrogens is 14. The quantitative estimate of drug-likeness (QED) is 0.0458. The van der Waals surface area contributed by atoms with E-state index in [1.165, 1.54) is 39.4 Å². The molecule has 1 unspecified atom stereocenters. The molecule has 29 nitrogen and oxygen atoms in total. The molecular weight excluding hydrogens is 1220 g/mol. The van der Waals surface area contributed by atoms with Crippen molar-refractivity contribution in [1.29, 1.82) is 0 Å². The van der Waals surface area contributed by atoms with Gasteiger partial charge in [0.25, 0.3) is 11.8 Å². The molecule has 1 atom stereocenters. The van der Waals surface area contributed by atoms with E-state index >= 15 is 0 Å². The Morgan fingerprint density at radius 3 is 1.66 bits per heavy atom. The van der Waals surface area contributed by atoms with Crippen molar-refractivity contribution in [3.05, 3.63) is 97.1 Å². The summed E-state index contributed by atoms with van der Waals surface area (Å²) in [4.78, 5) is 71.8. The molecule has 2 aliphatic rings. The van der Waals surface area contributed by atoms with Gasteiger partial charge in [0, 0.05) is 79.1 Å². The van der Waals surface area contributed by atoms with Gasteiger partial charge in [-0.3, -0.25) is 37.0 Å². The molecule has 0 aliphatic heterocycles. The van der Waals surface area contributed by atoms with Crippen molar-refractivity contribution in [2.24, 2.45) is 5.41 Å². The van der Waals surface area contributed by atoms with Gasteiger partial charge in [0.15, 0.2) is 41.7 Å². The van der Waals surface area contributed by atoms with E-state index in [2.05, 4.69) is 50.7 Å². The van der Waals surface area contributed by atoms with Gasteiger partial charge in [-0.2, -0.15) is 20.4 Å². The van der Waals surface area contributed by atoms with Gasteiger partial charge >= 0.3 is 15.6 Å². The first kappa shape index (κ1) is 67.3. The molecule has 90 heavy (non-hydrogen) atoms. The highest BCUT2D eigenvalue weighted by Crippen LogP contribution is 2.56. The molecular formula is C58H78N16O13P2S. The molecule has 0 aromatic carbocycles. The third-order valence-corrected chi connectivity index (χ3v) is 17.2. The van der Waals surface area contributed by atoms with Gasteiger partial charge in [-0.15, -0.1) is 11.3 Å².